The zero-order valence-corrected chi connectivity index (χ0v) is 48.5. The Morgan fingerprint density at radius 1 is 0.914 bits per heavy atom. The molecule has 1 saturated carbocycles. The average molecular weight is 1140 g/mol. The third-order valence-electron chi connectivity index (χ3n) is 19.8. The fraction of sp³-hybridized carbons (Fsp3) is 0.522. The van der Waals surface area contributed by atoms with E-state index in [0.29, 0.717) is 75.4 Å². The van der Waals surface area contributed by atoms with Crippen molar-refractivity contribution in [3.63, 3.8) is 0 Å². The Kier molecular flexibility index (Phi) is 18.2. The number of phenols is 1. The van der Waals surface area contributed by atoms with Crippen molar-refractivity contribution in [2.45, 2.75) is 120 Å². The summed E-state index contributed by atoms with van der Waals surface area (Å²) in [6, 6.07) is 29.1. The van der Waals surface area contributed by atoms with E-state index in [1.807, 2.05) is 24.4 Å². The van der Waals surface area contributed by atoms with Crippen LogP contribution in [0, 0.1) is 70.5 Å². The van der Waals surface area contributed by atoms with Gasteiger partial charge >= 0.3 is 0 Å². The molecule has 5 aliphatic carbocycles. The van der Waals surface area contributed by atoms with Crippen molar-refractivity contribution in [3.8, 4) is 23.3 Å². The second-order valence-electron chi connectivity index (χ2n) is 24.5. The number of nitrogens with two attached hydrogens (primary N) is 1. The summed E-state index contributed by atoms with van der Waals surface area (Å²) >= 11 is 0. The van der Waals surface area contributed by atoms with E-state index in [1.165, 1.54) is 11.1 Å². The highest BCUT2D eigenvalue weighted by Gasteiger charge is 2.58. The summed E-state index contributed by atoms with van der Waals surface area (Å²) in [5, 5.41) is 90.4. The summed E-state index contributed by atoms with van der Waals surface area (Å²) in [6.07, 6.45) is 12.0. The topological polar surface area (TPSA) is 217 Å². The Morgan fingerprint density at radius 3 is 2.46 bits per heavy atom. The smallest absolute Gasteiger partial charge is 0.161 e. The van der Waals surface area contributed by atoms with Crippen LogP contribution in [0.3, 0.4) is 0 Å². The van der Waals surface area contributed by atoms with E-state index in [-0.39, 0.29) is 78.1 Å². The number of nitrogens with one attached hydrogen (secondary N) is 3. The van der Waals surface area contributed by atoms with Gasteiger partial charge < -0.3 is 61.8 Å². The molecule has 2 bridgehead atoms. The van der Waals surface area contributed by atoms with E-state index < -0.39 is 53.7 Å². The monoisotopic (exact) mass is 1140 g/mol. The first-order valence-corrected chi connectivity index (χ1v) is 32.4. The van der Waals surface area contributed by atoms with Crippen LogP contribution in [0.1, 0.15) is 92.2 Å². The Morgan fingerprint density at radius 2 is 1.72 bits per heavy atom. The first-order chi connectivity index (χ1) is 39.4. The minimum Gasteiger partial charge on any atom is -0.504 e. The summed E-state index contributed by atoms with van der Waals surface area (Å²) in [7, 11) is 3.25. The third kappa shape index (κ3) is 12.0. The van der Waals surface area contributed by atoms with Crippen LogP contribution in [0.15, 0.2) is 138 Å². The van der Waals surface area contributed by atoms with Crippen LogP contribution in [0.25, 0.3) is 0 Å². The summed E-state index contributed by atoms with van der Waals surface area (Å²) in [5.41, 5.74) is 14.7. The maximum atomic E-state index is 12.9. The Balaban J connectivity index is 0.993. The molecular weight excluding hydrogens is 1050 g/mol. The van der Waals surface area contributed by atoms with Crippen molar-refractivity contribution in [2.24, 2.45) is 64.4 Å². The van der Waals surface area contributed by atoms with Crippen molar-refractivity contribution in [1.29, 1.82) is 0 Å². The molecule has 18 unspecified atom stereocenters. The number of dihydropyridines is 1. The molecule has 3 aromatic carbocycles. The molecule has 12 nitrogen and oxygen atoms in total. The molecule has 2 fully saturated rings. The zero-order valence-electron chi connectivity index (χ0n) is 46.8. The number of aromatic hydroxyl groups is 1. The lowest BCUT2D eigenvalue weighted by Crippen LogP contribution is -2.58. The largest absolute Gasteiger partial charge is 0.504 e. The van der Waals surface area contributed by atoms with Crippen LogP contribution in [0.4, 0.5) is 0 Å². The average Bonchev–Trinajstić information content (AvgIpc) is 3.39. The molecule has 81 heavy (non-hydrogen) atoms. The van der Waals surface area contributed by atoms with E-state index in [1.54, 1.807) is 28.5 Å². The maximum Gasteiger partial charge on any atom is 0.161 e. The number of aliphatic hydroxyl groups is 6. The standard InChI is InChI=1S/C67H84N4O8S2/c1-3-41-26-44-29-60(76)62(79-63-30-45(27-47-15-10-23-69-47)48-21-24-70-66(68)55(48)38-81-80-37-46(35-72)65(63)78)32-51(44)53-31-61(77)64-43(28-50(41)53)20-22-67-33-54(42-13-8-5-9-14-42)52(25-40-11-6-4-7-12-40)49(57(67)36-73)16-17-56(67)58(18-19-59(64)75)71-34-39(2)74/h4-17,21,23,28-29,32,39,41,43,45-46,49,52-54,56-59,61,63-65,69-78H,3,18-19,24-27,30-31,33-38,68H2,1-2H3. The van der Waals surface area contributed by atoms with Gasteiger partial charge in [-0.25, -0.2) is 0 Å². The zero-order chi connectivity index (χ0) is 56.4. The maximum absolute atomic E-state index is 12.9. The number of rotatable bonds is 13. The second kappa shape index (κ2) is 25.5. The number of H-pyrrole nitrogens is 1. The van der Waals surface area contributed by atoms with Crippen LogP contribution in [-0.4, -0.2) is 115 Å². The van der Waals surface area contributed by atoms with Gasteiger partial charge in [0.15, 0.2) is 11.5 Å². The molecule has 2 aliphatic heterocycles. The number of ether oxygens (including phenoxy) is 1. The van der Waals surface area contributed by atoms with Gasteiger partial charge in [0.25, 0.3) is 0 Å². The van der Waals surface area contributed by atoms with E-state index in [0.717, 1.165) is 46.4 Å². The number of benzene rings is 3. The van der Waals surface area contributed by atoms with Gasteiger partial charge in [-0.05, 0) is 146 Å². The number of aliphatic hydroxyl groups excluding tert-OH is 6. The first kappa shape index (κ1) is 57.9. The molecule has 14 heteroatoms. The number of hydrogen-bond acceptors (Lipinski definition) is 13. The van der Waals surface area contributed by atoms with Crippen molar-refractivity contribution in [3.05, 3.63) is 166 Å². The summed E-state index contributed by atoms with van der Waals surface area (Å²) in [5.74, 6) is 7.88. The Hall–Kier alpha value is -4.92. The summed E-state index contributed by atoms with van der Waals surface area (Å²) in [6.45, 7) is 4.62. The van der Waals surface area contributed by atoms with Crippen LogP contribution in [-0.2, 0) is 19.3 Å². The van der Waals surface area contributed by atoms with Gasteiger partial charge in [-0.15, -0.1) is 0 Å². The predicted octanol–water partition coefficient (Wildman–Crippen LogP) is 8.31. The van der Waals surface area contributed by atoms with E-state index >= 15 is 0 Å². The van der Waals surface area contributed by atoms with Gasteiger partial charge in [0.05, 0.1) is 24.4 Å². The van der Waals surface area contributed by atoms with Gasteiger partial charge in [0, 0.05) is 102 Å². The molecular formula is C67H84N4O8S2. The molecule has 432 valence electrons. The lowest BCUT2D eigenvalue weighted by atomic mass is 9.46. The van der Waals surface area contributed by atoms with Crippen LogP contribution in [0.2, 0.25) is 0 Å². The fourth-order valence-corrected chi connectivity index (χ4v) is 18.3. The van der Waals surface area contributed by atoms with Gasteiger partial charge in [0.2, 0.25) is 0 Å². The summed E-state index contributed by atoms with van der Waals surface area (Å²) < 4.78 is 7.00. The highest BCUT2D eigenvalue weighted by Crippen LogP contribution is 2.62. The summed E-state index contributed by atoms with van der Waals surface area (Å²) in [4.78, 5) is 3.38. The van der Waals surface area contributed by atoms with E-state index in [4.69, 9.17) is 10.5 Å². The van der Waals surface area contributed by atoms with Crippen molar-refractivity contribution in [1.82, 2.24) is 15.6 Å². The minimum absolute atomic E-state index is 0.0186. The molecule has 1 saturated heterocycles. The van der Waals surface area contributed by atoms with Crippen LogP contribution in [0.5, 0.6) is 11.5 Å². The lowest BCUT2D eigenvalue weighted by Gasteiger charge is -2.58. The number of allylic oxidation sites excluding steroid dienone is 4. The molecule has 1 aromatic heterocycles. The lowest BCUT2D eigenvalue weighted by molar-refractivity contribution is -0.0408. The molecule has 0 amide bonds. The van der Waals surface area contributed by atoms with Crippen LogP contribution < -0.4 is 21.1 Å². The molecule has 7 aliphatic rings. The van der Waals surface area contributed by atoms with Crippen molar-refractivity contribution < 1.29 is 40.5 Å². The highest BCUT2D eigenvalue weighted by atomic mass is 33.1. The number of aromatic nitrogens is 1. The number of fused-ring (bicyclic) bond motifs is 6. The fourth-order valence-electron chi connectivity index (χ4n) is 15.7. The number of hydrogen-bond donors (Lipinski definition) is 11. The SMILES string of the molecule is CCC1Cc2cc(O)c(OC3CC(Cc4ccc[nH]4)C4=CCNC(N)=C4CSSCC(CO)C3O)cc2C2CC(O)C3C(C#CC45CC(c6ccccc6)C(Cc6ccccc6)C(C=CC4C(NCC(C)O)CCC3O)C5CO)C=C12. The molecule has 18 atom stereocenters. The molecule has 12 N–H and O–H groups in total. The molecule has 1 spiro atoms. The quantitative estimate of drug-likeness (QED) is 0.0346. The first-order valence-electron chi connectivity index (χ1n) is 29.9. The number of aromatic amines is 1. The molecule has 3 heterocycles. The molecule has 4 aromatic rings. The van der Waals surface area contributed by atoms with Crippen molar-refractivity contribution in [2.75, 3.05) is 37.8 Å². The number of phenolic OH excluding ortho intramolecular Hbond substituents is 1. The van der Waals surface area contributed by atoms with Gasteiger partial charge in [-0.3, -0.25) is 0 Å². The van der Waals surface area contributed by atoms with Gasteiger partial charge in [0.1, 0.15) is 11.9 Å². The molecule has 0 radical (unpaired) electrons. The second-order valence-corrected chi connectivity index (χ2v) is 27.0. The normalized spacial score (nSPS) is 35.2. The molecule has 11 rings (SSSR count). The van der Waals surface area contributed by atoms with E-state index in [9.17, 15) is 35.7 Å². The minimum atomic E-state index is -1.08. The Bertz CT molecular complexity index is 2980. The highest BCUT2D eigenvalue weighted by molar-refractivity contribution is 8.76. The predicted molar refractivity (Wildman–Crippen MR) is 323 cm³/mol. The third-order valence-corrected chi connectivity index (χ3v) is 22.2. The van der Waals surface area contributed by atoms with Gasteiger partial charge in [-0.1, -0.05) is 131 Å². The Labute approximate surface area is 486 Å². The van der Waals surface area contributed by atoms with E-state index in [2.05, 4.69) is 125 Å². The van der Waals surface area contributed by atoms with Gasteiger partial charge in [-0.2, -0.15) is 0 Å². The van der Waals surface area contributed by atoms with Crippen LogP contribution >= 0.6 is 21.6 Å². The van der Waals surface area contributed by atoms with Crippen molar-refractivity contribution >= 4 is 21.6 Å².